The summed E-state index contributed by atoms with van der Waals surface area (Å²) in [6.07, 6.45) is 1.23. The molecule has 0 bridgehead atoms. The summed E-state index contributed by atoms with van der Waals surface area (Å²) >= 11 is 0. The van der Waals surface area contributed by atoms with Gasteiger partial charge in [0.05, 0.1) is 0 Å². The van der Waals surface area contributed by atoms with Crippen LogP contribution in [0.25, 0.3) is 6.08 Å². The number of amides is 1. The summed E-state index contributed by atoms with van der Waals surface area (Å²) in [5.74, 6) is 0.207. The van der Waals surface area contributed by atoms with Crippen LogP contribution in [0.5, 0.6) is 11.5 Å². The second-order valence-corrected chi connectivity index (χ2v) is 5.06. The molecule has 0 radical (unpaired) electrons. The first-order chi connectivity index (χ1) is 11.7. The molecule has 1 aliphatic heterocycles. The molecule has 0 unspecified atom stereocenters. The Morgan fingerprint density at radius 2 is 2.04 bits per heavy atom. The van der Waals surface area contributed by atoms with Crippen molar-refractivity contribution in [2.24, 2.45) is 0 Å². The molecule has 2 aromatic carbocycles. The third-order valence-electron chi connectivity index (χ3n) is 3.46. The summed E-state index contributed by atoms with van der Waals surface area (Å²) in [5, 5.41) is 11.8. The third-order valence-corrected chi connectivity index (χ3v) is 3.46. The molecule has 0 fully saturated rings. The van der Waals surface area contributed by atoms with Gasteiger partial charge in [-0.05, 0) is 29.8 Å². The highest BCUT2D eigenvalue weighted by molar-refractivity contribution is 6.01. The van der Waals surface area contributed by atoms with E-state index in [-0.39, 0.29) is 24.5 Å². The van der Waals surface area contributed by atoms with Crippen molar-refractivity contribution in [2.75, 3.05) is 6.79 Å². The van der Waals surface area contributed by atoms with Crippen molar-refractivity contribution in [2.45, 2.75) is 6.54 Å². The quantitative estimate of drug-likeness (QED) is 0.693. The highest BCUT2D eigenvalue weighted by Gasteiger charge is 2.14. The van der Waals surface area contributed by atoms with Crippen molar-refractivity contribution in [1.82, 2.24) is 5.32 Å². The van der Waals surface area contributed by atoms with Crippen LogP contribution < -0.4 is 14.8 Å². The van der Waals surface area contributed by atoms with Crippen molar-refractivity contribution >= 4 is 12.0 Å². The number of ether oxygens (including phenoxy) is 2. The van der Waals surface area contributed by atoms with Gasteiger partial charge in [0.15, 0.2) is 11.5 Å². The zero-order valence-electron chi connectivity index (χ0n) is 12.6. The first-order valence-corrected chi connectivity index (χ1v) is 7.20. The molecule has 0 aliphatic carbocycles. The molecule has 0 spiro atoms. The number of nitrogens with one attached hydrogen (secondary N) is 1. The van der Waals surface area contributed by atoms with Crippen molar-refractivity contribution in [3.8, 4) is 17.6 Å². The second-order valence-electron chi connectivity index (χ2n) is 5.06. The van der Waals surface area contributed by atoms with Gasteiger partial charge in [0.2, 0.25) is 6.79 Å². The first kappa shape index (κ1) is 15.6. The number of carbonyl (C=O) groups is 1. The van der Waals surface area contributed by atoms with Crippen molar-refractivity contribution in [3.05, 3.63) is 65.0 Å². The number of nitrogens with zero attached hydrogens (tertiary/aromatic N) is 1. The maximum atomic E-state index is 13.6. The molecule has 0 saturated carbocycles. The molecule has 0 atom stereocenters. The smallest absolute Gasteiger partial charge is 0.262 e. The molecule has 120 valence electrons. The molecule has 0 saturated heterocycles. The minimum Gasteiger partial charge on any atom is -0.454 e. The minimum absolute atomic E-state index is 0.166. The number of nitriles is 1. The SMILES string of the molecule is N#C/C(=C\c1ccccc1F)C(=O)NCc1ccc2c(c1)OCO2. The average molecular weight is 324 g/mol. The summed E-state index contributed by atoms with van der Waals surface area (Å²) in [7, 11) is 0. The van der Waals surface area contributed by atoms with E-state index in [4.69, 9.17) is 14.7 Å². The number of carbonyl (C=O) groups excluding carboxylic acids is 1. The summed E-state index contributed by atoms with van der Waals surface area (Å²) in [6, 6.07) is 13.0. The fraction of sp³-hybridized carbons (Fsp3) is 0.111. The van der Waals surface area contributed by atoms with E-state index < -0.39 is 11.7 Å². The number of halogens is 1. The van der Waals surface area contributed by atoms with Gasteiger partial charge in [-0.1, -0.05) is 24.3 Å². The van der Waals surface area contributed by atoms with Gasteiger partial charge in [0.25, 0.3) is 5.91 Å². The average Bonchev–Trinajstić information content (AvgIpc) is 3.06. The van der Waals surface area contributed by atoms with Crippen molar-refractivity contribution in [3.63, 3.8) is 0 Å². The summed E-state index contributed by atoms with van der Waals surface area (Å²) in [6.45, 7) is 0.390. The number of benzene rings is 2. The van der Waals surface area contributed by atoms with Gasteiger partial charge in [-0.15, -0.1) is 0 Å². The van der Waals surface area contributed by atoms with Gasteiger partial charge in [0.1, 0.15) is 17.5 Å². The lowest BCUT2D eigenvalue weighted by atomic mass is 10.1. The second kappa shape index (κ2) is 6.84. The van der Waals surface area contributed by atoms with Gasteiger partial charge in [-0.25, -0.2) is 4.39 Å². The maximum absolute atomic E-state index is 13.6. The lowest BCUT2D eigenvalue weighted by Crippen LogP contribution is -2.24. The summed E-state index contributed by atoms with van der Waals surface area (Å²) in [5.41, 5.74) is 0.823. The summed E-state index contributed by atoms with van der Waals surface area (Å²) in [4.78, 5) is 12.1. The molecular weight excluding hydrogens is 311 g/mol. The van der Waals surface area contributed by atoms with Gasteiger partial charge < -0.3 is 14.8 Å². The van der Waals surface area contributed by atoms with Crippen molar-refractivity contribution < 1.29 is 18.7 Å². The van der Waals surface area contributed by atoms with Crippen LogP contribution in [0.4, 0.5) is 4.39 Å². The first-order valence-electron chi connectivity index (χ1n) is 7.20. The van der Waals surface area contributed by atoms with E-state index in [9.17, 15) is 9.18 Å². The molecule has 3 rings (SSSR count). The zero-order valence-corrected chi connectivity index (χ0v) is 12.6. The largest absolute Gasteiger partial charge is 0.454 e. The van der Waals surface area contributed by atoms with Gasteiger partial charge in [-0.3, -0.25) is 4.79 Å². The molecule has 6 heteroatoms. The van der Waals surface area contributed by atoms with Crippen LogP contribution in [-0.4, -0.2) is 12.7 Å². The van der Waals surface area contributed by atoms with Gasteiger partial charge in [0, 0.05) is 12.1 Å². The Bertz CT molecular complexity index is 856. The zero-order chi connectivity index (χ0) is 16.9. The van der Waals surface area contributed by atoms with Crippen LogP contribution in [0, 0.1) is 17.1 Å². The molecule has 1 amide bonds. The minimum atomic E-state index is -0.571. The van der Waals surface area contributed by atoms with E-state index in [1.807, 2.05) is 0 Å². The highest BCUT2D eigenvalue weighted by Crippen LogP contribution is 2.32. The molecule has 1 N–H and O–H groups in total. The standard InChI is InChI=1S/C18H13FN2O3/c19-15-4-2-1-3-13(15)8-14(9-20)18(22)21-10-12-5-6-16-17(7-12)24-11-23-16/h1-8H,10-11H2,(H,21,22)/b14-8+. The molecule has 0 aromatic heterocycles. The topological polar surface area (TPSA) is 71.4 Å². The monoisotopic (exact) mass is 324 g/mol. The Labute approximate surface area is 137 Å². The molecule has 2 aromatic rings. The maximum Gasteiger partial charge on any atom is 0.262 e. The highest BCUT2D eigenvalue weighted by atomic mass is 19.1. The van der Waals surface area contributed by atoms with E-state index >= 15 is 0 Å². The molecule has 24 heavy (non-hydrogen) atoms. The molecule has 1 aliphatic rings. The van der Waals surface area contributed by atoms with Crippen LogP contribution >= 0.6 is 0 Å². The number of fused-ring (bicyclic) bond motifs is 1. The fourth-order valence-corrected chi connectivity index (χ4v) is 2.22. The Kier molecular flexibility index (Phi) is 4.43. The van der Waals surface area contributed by atoms with E-state index in [2.05, 4.69) is 5.32 Å². The summed E-state index contributed by atoms with van der Waals surface area (Å²) < 4.78 is 24.1. The Hall–Kier alpha value is -3.33. The normalized spacial score (nSPS) is 12.6. The van der Waals surface area contributed by atoms with E-state index in [1.165, 1.54) is 18.2 Å². The molecular formula is C18H13FN2O3. The Balaban J connectivity index is 1.69. The van der Waals surface area contributed by atoms with E-state index in [1.54, 1.807) is 36.4 Å². The van der Waals surface area contributed by atoms with E-state index in [0.29, 0.717) is 11.5 Å². The van der Waals surface area contributed by atoms with Crippen LogP contribution in [0.3, 0.4) is 0 Å². The molecule has 1 heterocycles. The fourth-order valence-electron chi connectivity index (χ4n) is 2.22. The van der Waals surface area contributed by atoms with Crippen molar-refractivity contribution in [1.29, 1.82) is 5.26 Å². The van der Waals surface area contributed by atoms with Crippen LogP contribution in [0.1, 0.15) is 11.1 Å². The molecule has 5 nitrogen and oxygen atoms in total. The predicted octanol–water partition coefficient (Wildman–Crippen LogP) is 2.78. The van der Waals surface area contributed by atoms with Crippen LogP contribution in [0.15, 0.2) is 48.0 Å². The Morgan fingerprint density at radius 1 is 1.25 bits per heavy atom. The lowest BCUT2D eigenvalue weighted by molar-refractivity contribution is -0.117. The van der Waals surface area contributed by atoms with E-state index in [0.717, 1.165) is 5.56 Å². The third kappa shape index (κ3) is 3.36. The van der Waals surface area contributed by atoms with Gasteiger partial charge >= 0.3 is 0 Å². The van der Waals surface area contributed by atoms with Gasteiger partial charge in [-0.2, -0.15) is 5.26 Å². The number of hydrogen-bond donors (Lipinski definition) is 1. The van der Waals surface area contributed by atoms with Crippen LogP contribution in [0.2, 0.25) is 0 Å². The number of rotatable bonds is 4. The lowest BCUT2D eigenvalue weighted by Gasteiger charge is -2.06. The Morgan fingerprint density at radius 3 is 2.83 bits per heavy atom. The predicted molar refractivity (Wildman–Crippen MR) is 84.4 cm³/mol. The number of hydrogen-bond acceptors (Lipinski definition) is 4. The van der Waals surface area contributed by atoms with Crippen LogP contribution in [-0.2, 0) is 11.3 Å².